The van der Waals surface area contributed by atoms with Gasteiger partial charge in [-0.15, -0.1) is 0 Å². The Hall–Kier alpha value is -2.96. The molecule has 6 atom stereocenters. The van der Waals surface area contributed by atoms with Gasteiger partial charge in [0, 0.05) is 23.0 Å². The Morgan fingerprint density at radius 3 is 1.60 bits per heavy atom. The molecule has 5 aliphatic carbocycles. The number of fused-ring (bicyclic) bond motifs is 2. The molecule has 7 heteroatoms. The fourth-order valence-electron chi connectivity index (χ4n) is 7.55. The molecule has 0 unspecified atom stereocenters. The van der Waals surface area contributed by atoms with Crippen LogP contribution in [0, 0.1) is 45.9 Å². The van der Waals surface area contributed by atoms with Crippen LogP contribution in [0.2, 0.25) is 0 Å². The molecule has 1 heterocycles. The zero-order valence-electron chi connectivity index (χ0n) is 15.2. The summed E-state index contributed by atoms with van der Waals surface area (Å²) in [6, 6.07) is 6.74. The van der Waals surface area contributed by atoms with Crippen LogP contribution in [0.5, 0.6) is 0 Å². The Kier molecular flexibility index (Phi) is 2.62. The lowest BCUT2D eigenvalue weighted by Gasteiger charge is -2.58. The third-order valence-corrected chi connectivity index (χ3v) is 8.25. The van der Waals surface area contributed by atoms with Gasteiger partial charge in [-0.3, -0.25) is 9.59 Å². The Morgan fingerprint density at radius 2 is 1.17 bits per heavy atom. The number of allylic oxidation sites excluding steroid dienone is 2. The molecule has 2 fully saturated rings. The standard InChI is InChI=1S/C23H12F4O3/c24-16-12-13(17(25)19(27)18(16)26)15-11-4-2-1-3-10(11)14(12)22-8-5-6-9(7-8)23(15,22)21(29)30-20(22)28/h1-6,8-9,14-15H,7H2/t8-,9+,14-,15+,22-,23+. The van der Waals surface area contributed by atoms with Crippen molar-refractivity contribution in [2.24, 2.45) is 22.7 Å². The van der Waals surface area contributed by atoms with Crippen molar-refractivity contribution < 1.29 is 31.9 Å². The third-order valence-electron chi connectivity index (χ3n) is 8.25. The van der Waals surface area contributed by atoms with Crippen molar-refractivity contribution in [1.29, 1.82) is 0 Å². The highest BCUT2D eigenvalue weighted by atomic mass is 19.2. The first-order chi connectivity index (χ1) is 14.4. The summed E-state index contributed by atoms with van der Waals surface area (Å²) >= 11 is 0. The van der Waals surface area contributed by atoms with Gasteiger partial charge in [0.2, 0.25) is 0 Å². The summed E-state index contributed by atoms with van der Waals surface area (Å²) in [7, 11) is 0. The Morgan fingerprint density at radius 1 is 0.733 bits per heavy atom. The van der Waals surface area contributed by atoms with Gasteiger partial charge in [0.05, 0.1) is 0 Å². The van der Waals surface area contributed by atoms with Gasteiger partial charge in [-0.05, 0) is 29.4 Å². The number of carbonyl (C=O) groups is 2. The molecule has 1 aliphatic heterocycles. The summed E-state index contributed by atoms with van der Waals surface area (Å²) in [5, 5.41) is 0. The molecule has 0 radical (unpaired) electrons. The SMILES string of the molecule is O=C1OC(=O)[C@]23[C@H]4c5ccccc5[C@H](c5c(F)c(F)c(F)c(F)c54)[C@]12[C@@H]1C=C[C@H]3C1. The van der Waals surface area contributed by atoms with E-state index in [9.17, 15) is 18.4 Å². The van der Waals surface area contributed by atoms with E-state index >= 15 is 8.78 Å². The number of esters is 2. The van der Waals surface area contributed by atoms with Gasteiger partial charge in [-0.1, -0.05) is 36.4 Å². The Labute approximate surface area is 167 Å². The minimum absolute atomic E-state index is 0.363. The zero-order chi connectivity index (χ0) is 20.7. The lowest BCUT2D eigenvalue weighted by Crippen LogP contribution is -2.61. The largest absolute Gasteiger partial charge is 0.392 e. The van der Waals surface area contributed by atoms with E-state index in [4.69, 9.17) is 4.74 Å². The smallest absolute Gasteiger partial charge is 0.322 e. The third kappa shape index (κ3) is 1.29. The normalized spacial score (nSPS) is 38.4. The van der Waals surface area contributed by atoms with Crippen LogP contribution >= 0.6 is 0 Å². The van der Waals surface area contributed by atoms with E-state index in [1.54, 1.807) is 24.3 Å². The lowest BCUT2D eigenvalue weighted by atomic mass is 9.38. The van der Waals surface area contributed by atoms with Crippen molar-refractivity contribution in [1.82, 2.24) is 0 Å². The van der Waals surface area contributed by atoms with Crippen LogP contribution in [0.1, 0.15) is 40.5 Å². The van der Waals surface area contributed by atoms with E-state index in [2.05, 4.69) is 0 Å². The zero-order valence-corrected chi connectivity index (χ0v) is 15.2. The number of hydrogen-bond donors (Lipinski definition) is 0. The lowest BCUT2D eigenvalue weighted by molar-refractivity contribution is -0.157. The van der Waals surface area contributed by atoms with Gasteiger partial charge in [0.1, 0.15) is 10.8 Å². The van der Waals surface area contributed by atoms with Crippen molar-refractivity contribution in [3.8, 4) is 0 Å². The summed E-state index contributed by atoms with van der Waals surface area (Å²) in [6.45, 7) is 0. The van der Waals surface area contributed by atoms with E-state index in [1.807, 2.05) is 12.2 Å². The molecule has 0 N–H and O–H groups in total. The van der Waals surface area contributed by atoms with Gasteiger partial charge >= 0.3 is 11.9 Å². The fraction of sp³-hybridized carbons (Fsp3) is 0.304. The summed E-state index contributed by atoms with van der Waals surface area (Å²) in [5.41, 5.74) is -2.65. The second-order valence-electron chi connectivity index (χ2n) is 8.83. The predicted molar refractivity (Wildman–Crippen MR) is 93.1 cm³/mol. The van der Waals surface area contributed by atoms with Crippen molar-refractivity contribution in [2.75, 3.05) is 0 Å². The number of halogens is 4. The molecule has 150 valence electrons. The topological polar surface area (TPSA) is 43.4 Å². The quantitative estimate of drug-likeness (QED) is 0.163. The molecule has 1 saturated carbocycles. The Balaban J connectivity index is 1.74. The number of benzene rings is 2. The highest BCUT2D eigenvalue weighted by Crippen LogP contribution is 2.83. The molecule has 2 aromatic rings. The number of ether oxygens (including phenoxy) is 1. The molecule has 1 saturated heterocycles. The monoisotopic (exact) mass is 412 g/mol. The number of rotatable bonds is 0. The highest BCUT2D eigenvalue weighted by molar-refractivity contribution is 6.07. The first kappa shape index (κ1) is 16.8. The maximum atomic E-state index is 15.2. The molecule has 8 rings (SSSR count). The van der Waals surface area contributed by atoms with Gasteiger partial charge < -0.3 is 4.74 Å². The van der Waals surface area contributed by atoms with Gasteiger partial charge in [-0.2, -0.15) is 0 Å². The van der Waals surface area contributed by atoms with Crippen LogP contribution < -0.4 is 0 Å². The summed E-state index contributed by atoms with van der Waals surface area (Å²) in [5.74, 6) is -11.6. The van der Waals surface area contributed by atoms with E-state index < -0.39 is 69.7 Å². The fourth-order valence-corrected chi connectivity index (χ4v) is 7.55. The Bertz CT molecular complexity index is 1190. The van der Waals surface area contributed by atoms with Crippen molar-refractivity contribution in [3.05, 3.63) is 81.9 Å². The van der Waals surface area contributed by atoms with Crippen LogP contribution in [0.4, 0.5) is 17.6 Å². The predicted octanol–water partition coefficient (Wildman–Crippen LogP) is 4.10. The average Bonchev–Trinajstić information content (AvgIpc) is 3.42. The average molecular weight is 412 g/mol. The van der Waals surface area contributed by atoms with Crippen LogP contribution in [0.15, 0.2) is 36.4 Å². The minimum Gasteiger partial charge on any atom is -0.392 e. The van der Waals surface area contributed by atoms with Crippen LogP contribution in [0.3, 0.4) is 0 Å². The van der Waals surface area contributed by atoms with E-state index in [-0.39, 0.29) is 11.1 Å². The maximum Gasteiger partial charge on any atom is 0.322 e. The molecule has 0 aromatic heterocycles. The van der Waals surface area contributed by atoms with Crippen molar-refractivity contribution in [2.45, 2.75) is 18.3 Å². The molecular weight excluding hydrogens is 400 g/mol. The molecule has 0 amide bonds. The molecule has 2 aromatic carbocycles. The molecule has 3 nitrogen and oxygen atoms in total. The number of cyclic esters (lactones) is 2. The van der Waals surface area contributed by atoms with Crippen LogP contribution in [-0.4, -0.2) is 11.9 Å². The van der Waals surface area contributed by atoms with E-state index in [1.165, 1.54) is 0 Å². The first-order valence-electron chi connectivity index (χ1n) is 9.78. The van der Waals surface area contributed by atoms with Crippen molar-refractivity contribution >= 4 is 11.9 Å². The summed E-state index contributed by atoms with van der Waals surface area (Å²) in [4.78, 5) is 26.6. The molecule has 4 bridgehead atoms. The molecular formula is C23H12F4O3. The molecule has 0 spiro atoms. The van der Waals surface area contributed by atoms with E-state index in [0.29, 0.717) is 17.5 Å². The number of carbonyl (C=O) groups excluding carboxylic acids is 2. The van der Waals surface area contributed by atoms with E-state index in [0.717, 1.165) is 0 Å². The van der Waals surface area contributed by atoms with Crippen LogP contribution in [-0.2, 0) is 14.3 Å². The number of hydrogen-bond acceptors (Lipinski definition) is 3. The second kappa shape index (κ2) is 4.68. The van der Waals surface area contributed by atoms with Gasteiger partial charge in [-0.25, -0.2) is 17.6 Å². The maximum absolute atomic E-state index is 15.2. The molecule has 6 aliphatic rings. The highest BCUT2D eigenvalue weighted by Gasteiger charge is 2.87. The van der Waals surface area contributed by atoms with Gasteiger partial charge in [0.15, 0.2) is 23.3 Å². The minimum atomic E-state index is -1.91. The summed E-state index contributed by atoms with van der Waals surface area (Å²) in [6.07, 6.45) is 4.09. The van der Waals surface area contributed by atoms with Crippen LogP contribution in [0.25, 0.3) is 0 Å². The van der Waals surface area contributed by atoms with Crippen molar-refractivity contribution in [3.63, 3.8) is 0 Å². The second-order valence-corrected chi connectivity index (χ2v) is 8.83. The molecule has 30 heavy (non-hydrogen) atoms. The van der Waals surface area contributed by atoms with Gasteiger partial charge in [0.25, 0.3) is 0 Å². The first-order valence-corrected chi connectivity index (χ1v) is 9.78. The summed E-state index contributed by atoms with van der Waals surface area (Å²) < 4.78 is 64.3.